The number of furan rings is 1. The number of amides is 1. The Morgan fingerprint density at radius 3 is 2.42 bits per heavy atom. The van der Waals surface area contributed by atoms with E-state index < -0.39 is 10.0 Å². The maximum Gasteiger partial charge on any atom is 0.240 e. The third kappa shape index (κ3) is 6.90. The molecule has 164 valence electrons. The van der Waals surface area contributed by atoms with Gasteiger partial charge in [0.25, 0.3) is 0 Å². The lowest BCUT2D eigenvalue weighted by atomic mass is 10.2. The summed E-state index contributed by atoms with van der Waals surface area (Å²) >= 11 is 0. The summed E-state index contributed by atoms with van der Waals surface area (Å²) in [6, 6.07) is 11.3. The Morgan fingerprint density at radius 2 is 1.77 bits per heavy atom. The van der Waals surface area contributed by atoms with Crippen LogP contribution in [0.3, 0.4) is 0 Å². The fourth-order valence-corrected chi connectivity index (χ4v) is 3.85. The van der Waals surface area contributed by atoms with Crippen LogP contribution in [0.5, 0.6) is 0 Å². The Bertz CT molecular complexity index is 1090. The van der Waals surface area contributed by atoms with E-state index in [9.17, 15) is 13.2 Å². The van der Waals surface area contributed by atoms with Crippen LogP contribution in [0, 0.1) is 13.8 Å². The molecule has 0 aliphatic rings. The Labute approximate surface area is 181 Å². The van der Waals surface area contributed by atoms with Crippen LogP contribution in [0.25, 0.3) is 0 Å². The van der Waals surface area contributed by atoms with Crippen molar-refractivity contribution in [1.82, 2.24) is 14.7 Å². The summed E-state index contributed by atoms with van der Waals surface area (Å²) in [5.41, 5.74) is 2.30. The molecule has 0 saturated carbocycles. The lowest BCUT2D eigenvalue weighted by molar-refractivity contribution is -0.116. The minimum absolute atomic E-state index is 0.0645. The monoisotopic (exact) mass is 443 g/mol. The van der Waals surface area contributed by atoms with E-state index in [2.05, 4.69) is 25.3 Å². The predicted molar refractivity (Wildman–Crippen MR) is 117 cm³/mol. The molecule has 3 rings (SSSR count). The molecule has 0 radical (unpaired) electrons. The van der Waals surface area contributed by atoms with Gasteiger partial charge in [0, 0.05) is 30.0 Å². The smallest absolute Gasteiger partial charge is 0.240 e. The molecular formula is C21H25N5O4S. The molecule has 3 N–H and O–H groups in total. The number of anilines is 2. The Hall–Kier alpha value is -3.24. The van der Waals surface area contributed by atoms with Gasteiger partial charge in [0.1, 0.15) is 5.76 Å². The number of sulfonamides is 1. The molecule has 0 aliphatic carbocycles. The number of hydrogen-bond acceptors (Lipinski definition) is 7. The number of benzene rings is 1. The lowest BCUT2D eigenvalue weighted by Crippen LogP contribution is -2.23. The van der Waals surface area contributed by atoms with Crippen LogP contribution in [0.15, 0.2) is 58.0 Å². The van der Waals surface area contributed by atoms with Crippen LogP contribution >= 0.6 is 0 Å². The summed E-state index contributed by atoms with van der Waals surface area (Å²) in [7, 11) is -3.67. The molecule has 2 heterocycles. The van der Waals surface area contributed by atoms with Crippen molar-refractivity contribution < 1.29 is 17.6 Å². The zero-order valence-corrected chi connectivity index (χ0v) is 18.2. The first-order valence-electron chi connectivity index (χ1n) is 9.80. The van der Waals surface area contributed by atoms with E-state index >= 15 is 0 Å². The van der Waals surface area contributed by atoms with Gasteiger partial charge < -0.3 is 15.1 Å². The molecule has 0 bridgehead atoms. The van der Waals surface area contributed by atoms with Crippen molar-refractivity contribution in [3.8, 4) is 0 Å². The van der Waals surface area contributed by atoms with E-state index in [0.29, 0.717) is 36.8 Å². The molecule has 0 spiro atoms. The molecule has 0 atom stereocenters. The summed E-state index contributed by atoms with van der Waals surface area (Å²) in [6.07, 6.45) is 2.39. The lowest BCUT2D eigenvalue weighted by Gasteiger charge is -2.09. The predicted octanol–water partition coefficient (Wildman–Crippen LogP) is 3.00. The third-order valence-corrected chi connectivity index (χ3v) is 5.73. The fraction of sp³-hybridized carbons (Fsp3) is 0.286. The SMILES string of the molecule is Cc1cc(C)nc(NCCCC(=O)Nc2ccc(S(=O)(=O)NCc3ccco3)cc2)n1. The van der Waals surface area contributed by atoms with Crippen molar-refractivity contribution in [2.24, 2.45) is 0 Å². The van der Waals surface area contributed by atoms with Gasteiger partial charge in [0.05, 0.1) is 17.7 Å². The fourth-order valence-electron chi connectivity index (χ4n) is 2.86. The zero-order valence-electron chi connectivity index (χ0n) is 17.4. The first-order chi connectivity index (χ1) is 14.8. The summed E-state index contributed by atoms with van der Waals surface area (Å²) in [5, 5.41) is 5.87. The molecule has 9 nitrogen and oxygen atoms in total. The number of nitrogens with one attached hydrogen (secondary N) is 3. The second kappa shape index (κ2) is 10.2. The molecule has 0 saturated heterocycles. The molecule has 0 aliphatic heterocycles. The molecule has 0 unspecified atom stereocenters. The first-order valence-corrected chi connectivity index (χ1v) is 11.3. The summed E-state index contributed by atoms with van der Waals surface area (Å²) < 4.78 is 32.3. The highest BCUT2D eigenvalue weighted by molar-refractivity contribution is 7.89. The Balaban J connectivity index is 1.43. The van der Waals surface area contributed by atoms with E-state index in [1.165, 1.54) is 18.4 Å². The van der Waals surface area contributed by atoms with Crippen molar-refractivity contribution in [3.63, 3.8) is 0 Å². The van der Waals surface area contributed by atoms with E-state index in [1.807, 2.05) is 19.9 Å². The van der Waals surface area contributed by atoms with E-state index in [1.54, 1.807) is 24.3 Å². The van der Waals surface area contributed by atoms with Crippen molar-refractivity contribution in [1.29, 1.82) is 0 Å². The van der Waals surface area contributed by atoms with Gasteiger partial charge in [-0.15, -0.1) is 0 Å². The zero-order chi connectivity index (χ0) is 22.3. The molecule has 2 aromatic heterocycles. The van der Waals surface area contributed by atoms with Crippen LogP contribution in [0.1, 0.15) is 30.0 Å². The number of nitrogens with zero attached hydrogens (tertiary/aromatic N) is 2. The van der Waals surface area contributed by atoms with Gasteiger partial charge in [0.15, 0.2) is 0 Å². The van der Waals surface area contributed by atoms with E-state index in [-0.39, 0.29) is 17.3 Å². The molecule has 0 fully saturated rings. The highest BCUT2D eigenvalue weighted by Gasteiger charge is 2.14. The summed E-state index contributed by atoms with van der Waals surface area (Å²) in [4.78, 5) is 20.8. The van der Waals surface area contributed by atoms with Crippen LogP contribution in [-0.2, 0) is 21.4 Å². The van der Waals surface area contributed by atoms with Crippen molar-refractivity contribution in [2.75, 3.05) is 17.2 Å². The van der Waals surface area contributed by atoms with Gasteiger partial charge >= 0.3 is 0 Å². The maximum absolute atomic E-state index is 12.3. The summed E-state index contributed by atoms with van der Waals surface area (Å²) in [5.74, 6) is 0.913. The van der Waals surface area contributed by atoms with E-state index in [0.717, 1.165) is 11.4 Å². The van der Waals surface area contributed by atoms with Crippen molar-refractivity contribution >= 4 is 27.6 Å². The van der Waals surface area contributed by atoms with Crippen LogP contribution in [0.2, 0.25) is 0 Å². The average Bonchev–Trinajstić information content (AvgIpc) is 3.23. The van der Waals surface area contributed by atoms with Gasteiger partial charge in [-0.2, -0.15) is 0 Å². The minimum Gasteiger partial charge on any atom is -0.468 e. The molecule has 1 amide bonds. The molecule has 10 heteroatoms. The number of rotatable bonds is 10. The number of aryl methyl sites for hydroxylation is 2. The first kappa shape index (κ1) is 22.4. The average molecular weight is 444 g/mol. The van der Waals surface area contributed by atoms with Crippen LogP contribution in [-0.4, -0.2) is 30.8 Å². The maximum atomic E-state index is 12.3. The van der Waals surface area contributed by atoms with Crippen LogP contribution < -0.4 is 15.4 Å². The van der Waals surface area contributed by atoms with Gasteiger partial charge in [-0.3, -0.25) is 4.79 Å². The quantitative estimate of drug-likeness (QED) is 0.411. The Morgan fingerprint density at radius 1 is 1.06 bits per heavy atom. The van der Waals surface area contributed by atoms with Gasteiger partial charge in [-0.1, -0.05) is 0 Å². The third-order valence-electron chi connectivity index (χ3n) is 4.31. The number of aromatic nitrogens is 2. The van der Waals surface area contributed by atoms with Gasteiger partial charge in [-0.05, 0) is 62.7 Å². The standard InChI is InChI=1S/C21H25N5O4S/c1-15-13-16(2)25-21(24-15)22-11-3-6-20(27)26-17-7-9-19(10-8-17)31(28,29)23-14-18-5-4-12-30-18/h4-5,7-10,12-13,23H,3,6,11,14H2,1-2H3,(H,26,27)(H,22,24,25). The number of hydrogen-bond donors (Lipinski definition) is 3. The Kier molecular flexibility index (Phi) is 7.37. The highest BCUT2D eigenvalue weighted by atomic mass is 32.2. The van der Waals surface area contributed by atoms with Gasteiger partial charge in [0.2, 0.25) is 21.9 Å². The molecule has 1 aromatic carbocycles. The highest BCUT2D eigenvalue weighted by Crippen LogP contribution is 2.15. The molecular weight excluding hydrogens is 418 g/mol. The van der Waals surface area contributed by atoms with Crippen molar-refractivity contribution in [2.45, 2.75) is 38.1 Å². The number of carbonyl (C=O) groups is 1. The topological polar surface area (TPSA) is 126 Å². The minimum atomic E-state index is -3.67. The van der Waals surface area contributed by atoms with E-state index in [4.69, 9.17) is 4.42 Å². The van der Waals surface area contributed by atoms with Crippen LogP contribution in [0.4, 0.5) is 11.6 Å². The van der Waals surface area contributed by atoms with Crippen molar-refractivity contribution in [3.05, 3.63) is 65.9 Å². The molecule has 3 aromatic rings. The number of carbonyl (C=O) groups excluding carboxylic acids is 1. The van der Waals surface area contributed by atoms with Gasteiger partial charge in [-0.25, -0.2) is 23.1 Å². The second-order valence-corrected chi connectivity index (χ2v) is 8.75. The molecule has 31 heavy (non-hydrogen) atoms. The second-order valence-electron chi connectivity index (χ2n) is 6.98. The largest absolute Gasteiger partial charge is 0.468 e. The summed E-state index contributed by atoms with van der Waals surface area (Å²) in [6.45, 7) is 4.43. The normalized spacial score (nSPS) is 11.3.